The average molecular weight is 233 g/mol. The van der Waals surface area contributed by atoms with E-state index in [2.05, 4.69) is 15.5 Å². The molecule has 0 spiro atoms. The molecule has 6 nitrogen and oxygen atoms in total. The molecule has 90 valence electrons. The molecule has 3 N–H and O–H groups in total. The van der Waals surface area contributed by atoms with Gasteiger partial charge in [-0.25, -0.2) is 5.43 Å². The summed E-state index contributed by atoms with van der Waals surface area (Å²) in [6.45, 7) is 0. The van der Waals surface area contributed by atoms with Crippen LogP contribution >= 0.6 is 0 Å². The van der Waals surface area contributed by atoms with Crippen LogP contribution in [-0.2, 0) is 7.05 Å². The molecule has 0 fully saturated rings. The number of nitrogens with two attached hydrogens (primary N) is 1. The maximum Gasteiger partial charge on any atom is 0.161 e. The number of hydrogen-bond donors (Lipinski definition) is 2. The molecule has 2 aromatic heterocycles. The first-order valence-corrected chi connectivity index (χ1v) is 5.20. The highest BCUT2D eigenvalue weighted by Gasteiger charge is 2.21. The third-order valence-electron chi connectivity index (χ3n) is 2.65. The Morgan fingerprint density at radius 2 is 2.12 bits per heavy atom. The van der Waals surface area contributed by atoms with E-state index in [1.807, 2.05) is 19.2 Å². The molecule has 0 saturated carbocycles. The van der Waals surface area contributed by atoms with E-state index in [-0.39, 0.29) is 6.04 Å². The van der Waals surface area contributed by atoms with E-state index < -0.39 is 0 Å². The van der Waals surface area contributed by atoms with E-state index >= 15 is 0 Å². The van der Waals surface area contributed by atoms with Crippen LogP contribution in [0.5, 0.6) is 5.75 Å². The molecule has 0 saturated heterocycles. The average Bonchev–Trinajstić information content (AvgIpc) is 2.74. The topological polar surface area (TPSA) is 78.0 Å². The summed E-state index contributed by atoms with van der Waals surface area (Å²) in [4.78, 5) is 3.99. The Kier molecular flexibility index (Phi) is 3.36. The van der Waals surface area contributed by atoms with Crippen LogP contribution in [-0.4, -0.2) is 21.9 Å². The lowest BCUT2D eigenvalue weighted by atomic mass is 10.1. The molecule has 0 radical (unpaired) electrons. The molecule has 0 aliphatic rings. The Hall–Kier alpha value is -1.92. The normalized spacial score (nSPS) is 12.4. The lowest BCUT2D eigenvalue weighted by Gasteiger charge is -2.17. The highest BCUT2D eigenvalue weighted by Crippen LogP contribution is 2.28. The third kappa shape index (κ3) is 2.13. The SMILES string of the molecule is COc1cnn(C)c1C(NN)c1ccncc1. The van der Waals surface area contributed by atoms with Gasteiger partial charge in [-0.1, -0.05) is 0 Å². The Bertz CT molecular complexity index is 482. The number of pyridine rings is 1. The molecule has 0 aliphatic heterocycles. The quantitative estimate of drug-likeness (QED) is 0.589. The molecule has 0 aliphatic carbocycles. The molecule has 17 heavy (non-hydrogen) atoms. The maximum absolute atomic E-state index is 5.62. The number of methoxy groups -OCH3 is 1. The first-order chi connectivity index (χ1) is 8.27. The number of aromatic nitrogens is 3. The van der Waals surface area contributed by atoms with Gasteiger partial charge in [-0.2, -0.15) is 5.10 Å². The summed E-state index contributed by atoms with van der Waals surface area (Å²) < 4.78 is 7.02. The van der Waals surface area contributed by atoms with Crippen LogP contribution in [0.15, 0.2) is 30.7 Å². The minimum atomic E-state index is -0.180. The van der Waals surface area contributed by atoms with Gasteiger partial charge in [-0.15, -0.1) is 0 Å². The standard InChI is InChI=1S/C11H15N5O/c1-16-11(9(17-2)7-14-16)10(15-12)8-3-5-13-6-4-8/h3-7,10,15H,12H2,1-2H3. The van der Waals surface area contributed by atoms with Crippen LogP contribution in [0.1, 0.15) is 17.3 Å². The van der Waals surface area contributed by atoms with Crippen molar-refractivity contribution in [3.05, 3.63) is 42.0 Å². The van der Waals surface area contributed by atoms with E-state index in [1.54, 1.807) is 30.4 Å². The second-order valence-electron chi connectivity index (χ2n) is 3.60. The lowest BCUT2D eigenvalue weighted by Crippen LogP contribution is -2.30. The van der Waals surface area contributed by atoms with Crippen molar-refractivity contribution in [1.29, 1.82) is 0 Å². The molecule has 6 heteroatoms. The van der Waals surface area contributed by atoms with Crippen LogP contribution < -0.4 is 16.0 Å². The largest absolute Gasteiger partial charge is 0.493 e. The summed E-state index contributed by atoms with van der Waals surface area (Å²) in [6.07, 6.45) is 5.12. The smallest absolute Gasteiger partial charge is 0.161 e. The molecular weight excluding hydrogens is 218 g/mol. The van der Waals surface area contributed by atoms with Crippen molar-refractivity contribution in [1.82, 2.24) is 20.2 Å². The van der Waals surface area contributed by atoms with Crippen LogP contribution in [0.2, 0.25) is 0 Å². The Balaban J connectivity index is 2.45. The molecule has 0 bridgehead atoms. The summed E-state index contributed by atoms with van der Waals surface area (Å²) in [5, 5.41) is 4.16. The van der Waals surface area contributed by atoms with Gasteiger partial charge in [0.1, 0.15) is 5.69 Å². The van der Waals surface area contributed by atoms with E-state index in [0.29, 0.717) is 5.75 Å². The number of nitrogens with zero attached hydrogens (tertiary/aromatic N) is 3. The van der Waals surface area contributed by atoms with Gasteiger partial charge < -0.3 is 4.74 Å². The molecule has 0 aromatic carbocycles. The number of nitrogens with one attached hydrogen (secondary N) is 1. The second-order valence-corrected chi connectivity index (χ2v) is 3.60. The molecule has 1 atom stereocenters. The fourth-order valence-electron chi connectivity index (χ4n) is 1.80. The lowest BCUT2D eigenvalue weighted by molar-refractivity contribution is 0.401. The second kappa shape index (κ2) is 4.94. The number of rotatable bonds is 4. The predicted molar refractivity (Wildman–Crippen MR) is 63.2 cm³/mol. The van der Waals surface area contributed by atoms with E-state index in [0.717, 1.165) is 11.3 Å². The summed E-state index contributed by atoms with van der Waals surface area (Å²) in [7, 11) is 3.46. The van der Waals surface area contributed by atoms with Gasteiger partial charge in [0.25, 0.3) is 0 Å². The number of hydrogen-bond acceptors (Lipinski definition) is 5. The maximum atomic E-state index is 5.62. The molecular formula is C11H15N5O. The van der Waals surface area contributed by atoms with Crippen molar-refractivity contribution in [2.24, 2.45) is 12.9 Å². The van der Waals surface area contributed by atoms with Gasteiger partial charge in [0.05, 0.1) is 19.3 Å². The van der Waals surface area contributed by atoms with Crippen molar-refractivity contribution in [2.45, 2.75) is 6.04 Å². The van der Waals surface area contributed by atoms with E-state index in [9.17, 15) is 0 Å². The first-order valence-electron chi connectivity index (χ1n) is 5.20. The van der Waals surface area contributed by atoms with Crippen molar-refractivity contribution < 1.29 is 4.74 Å². The molecule has 2 heterocycles. The third-order valence-corrected chi connectivity index (χ3v) is 2.65. The number of hydrazine groups is 1. The molecule has 2 rings (SSSR count). The van der Waals surface area contributed by atoms with Gasteiger partial charge in [0.2, 0.25) is 0 Å². The highest BCUT2D eigenvalue weighted by molar-refractivity contribution is 5.35. The molecule has 0 amide bonds. The number of ether oxygens (including phenoxy) is 1. The van der Waals surface area contributed by atoms with Gasteiger partial charge in [-0.05, 0) is 17.7 Å². The monoisotopic (exact) mass is 233 g/mol. The van der Waals surface area contributed by atoms with Gasteiger partial charge >= 0.3 is 0 Å². The van der Waals surface area contributed by atoms with Crippen LogP contribution in [0, 0.1) is 0 Å². The summed E-state index contributed by atoms with van der Waals surface area (Å²) in [5.74, 6) is 6.32. The summed E-state index contributed by atoms with van der Waals surface area (Å²) >= 11 is 0. The molecule has 2 aromatic rings. The highest BCUT2D eigenvalue weighted by atomic mass is 16.5. The zero-order valence-electron chi connectivity index (χ0n) is 9.79. The minimum Gasteiger partial charge on any atom is -0.493 e. The van der Waals surface area contributed by atoms with Crippen molar-refractivity contribution in [2.75, 3.05) is 7.11 Å². The van der Waals surface area contributed by atoms with Crippen LogP contribution in [0.4, 0.5) is 0 Å². The Morgan fingerprint density at radius 1 is 1.41 bits per heavy atom. The van der Waals surface area contributed by atoms with E-state index in [4.69, 9.17) is 10.6 Å². The van der Waals surface area contributed by atoms with Crippen molar-refractivity contribution >= 4 is 0 Å². The fourth-order valence-corrected chi connectivity index (χ4v) is 1.80. The predicted octanol–water partition coefficient (Wildman–Crippen LogP) is 0.376. The van der Waals surface area contributed by atoms with Crippen LogP contribution in [0.25, 0.3) is 0 Å². The Labute approximate surface area is 99.4 Å². The van der Waals surface area contributed by atoms with Crippen molar-refractivity contribution in [3.8, 4) is 5.75 Å². The number of aryl methyl sites for hydroxylation is 1. The zero-order valence-corrected chi connectivity index (χ0v) is 9.79. The van der Waals surface area contributed by atoms with Gasteiger partial charge in [0, 0.05) is 19.4 Å². The minimum absolute atomic E-state index is 0.180. The van der Waals surface area contributed by atoms with E-state index in [1.165, 1.54) is 0 Å². The summed E-state index contributed by atoms with van der Waals surface area (Å²) in [5.41, 5.74) is 4.65. The van der Waals surface area contributed by atoms with Gasteiger partial charge in [0.15, 0.2) is 5.75 Å². The summed E-state index contributed by atoms with van der Waals surface area (Å²) in [6, 6.07) is 3.62. The van der Waals surface area contributed by atoms with Crippen molar-refractivity contribution in [3.63, 3.8) is 0 Å². The Morgan fingerprint density at radius 3 is 2.71 bits per heavy atom. The first kappa shape index (κ1) is 11.6. The zero-order chi connectivity index (χ0) is 12.3. The molecule has 1 unspecified atom stereocenters. The fraction of sp³-hybridized carbons (Fsp3) is 0.273. The van der Waals surface area contributed by atoms with Crippen LogP contribution in [0.3, 0.4) is 0 Å². The van der Waals surface area contributed by atoms with Gasteiger partial charge in [-0.3, -0.25) is 15.5 Å².